The third-order valence-corrected chi connectivity index (χ3v) is 8.33. The molecule has 2 aliphatic rings. The summed E-state index contributed by atoms with van der Waals surface area (Å²) >= 11 is 0. The molecular weight excluding hydrogens is 551 g/mol. The molecule has 0 aliphatic carbocycles. The zero-order valence-electron chi connectivity index (χ0n) is 20.7. The topological polar surface area (TPSA) is 105 Å². The van der Waals surface area contributed by atoms with Crippen LogP contribution < -0.4 is 9.62 Å². The van der Waals surface area contributed by atoms with Gasteiger partial charge in [0.2, 0.25) is 10.0 Å². The SMILES string of the molecule is CCS(=O)(=O)N[C@@H]1CN2C(=O)N(c3noc4cc(COC)cc(-c5c(F)cc(F)cc5F)c34)CC[C@@H]2C1(F)F. The Labute approximate surface area is 219 Å². The smallest absolute Gasteiger partial charge is 0.326 e. The monoisotopic (exact) mass is 574 g/mol. The van der Waals surface area contributed by atoms with Gasteiger partial charge >= 0.3 is 6.03 Å². The van der Waals surface area contributed by atoms with Gasteiger partial charge in [-0.3, -0.25) is 4.90 Å². The first-order valence-electron chi connectivity index (χ1n) is 11.9. The van der Waals surface area contributed by atoms with Crippen LogP contribution in [-0.4, -0.2) is 68.5 Å². The molecular formula is C24H23F5N4O5S. The standard InChI is InChI=1S/C24H23F5N4O5S/c1-3-39(35,36)31-18-10-33-19(24(18,28)29)4-5-32(23(33)34)22-21-14(20-15(26)8-13(25)9-16(20)27)6-12(11-37-2)7-17(21)38-30-22/h6-9,18-19,31H,3-5,10-11H2,1-2H3/t18-,19-/m1/s1. The lowest BCUT2D eigenvalue weighted by Gasteiger charge is -2.37. The van der Waals surface area contributed by atoms with Gasteiger partial charge in [0, 0.05) is 37.9 Å². The van der Waals surface area contributed by atoms with E-state index in [9.17, 15) is 26.4 Å². The Morgan fingerprint density at radius 2 is 1.87 bits per heavy atom. The summed E-state index contributed by atoms with van der Waals surface area (Å²) in [6, 6.07) is -0.464. The second-order valence-corrected chi connectivity index (χ2v) is 11.4. The van der Waals surface area contributed by atoms with E-state index < -0.39 is 69.4 Å². The van der Waals surface area contributed by atoms with Gasteiger partial charge in [-0.15, -0.1) is 0 Å². The molecule has 5 rings (SSSR count). The summed E-state index contributed by atoms with van der Waals surface area (Å²) in [6.45, 7) is 0.450. The zero-order valence-corrected chi connectivity index (χ0v) is 21.5. The molecule has 2 saturated heterocycles. The predicted octanol–water partition coefficient (Wildman–Crippen LogP) is 4.02. The molecule has 2 amide bonds. The van der Waals surface area contributed by atoms with E-state index in [1.807, 2.05) is 4.72 Å². The average molecular weight is 575 g/mol. The number of benzene rings is 2. The summed E-state index contributed by atoms with van der Waals surface area (Å²) in [7, 11) is -2.59. The highest BCUT2D eigenvalue weighted by Gasteiger charge is 2.60. The lowest BCUT2D eigenvalue weighted by Crippen LogP contribution is -2.56. The number of sulfonamides is 1. The number of nitrogens with one attached hydrogen (secondary N) is 1. The number of hydrogen-bond donors (Lipinski definition) is 1. The van der Waals surface area contributed by atoms with Crippen molar-refractivity contribution in [2.75, 3.05) is 30.9 Å². The molecule has 0 unspecified atom stereocenters. The normalized spacial score (nSPS) is 21.2. The van der Waals surface area contributed by atoms with Crippen LogP contribution in [0.5, 0.6) is 0 Å². The number of halogens is 5. The molecule has 2 aliphatic heterocycles. The zero-order chi connectivity index (χ0) is 28.3. The van der Waals surface area contributed by atoms with E-state index in [0.717, 1.165) is 9.80 Å². The number of ether oxygens (including phenoxy) is 1. The van der Waals surface area contributed by atoms with E-state index in [1.54, 1.807) is 0 Å². The number of aromatic nitrogens is 1. The van der Waals surface area contributed by atoms with E-state index in [0.29, 0.717) is 17.7 Å². The highest BCUT2D eigenvalue weighted by atomic mass is 32.2. The van der Waals surface area contributed by atoms with Crippen molar-refractivity contribution in [1.29, 1.82) is 0 Å². The molecule has 1 N–H and O–H groups in total. The van der Waals surface area contributed by atoms with Crippen molar-refractivity contribution in [2.45, 2.75) is 38.0 Å². The van der Waals surface area contributed by atoms with Crippen molar-refractivity contribution in [3.8, 4) is 11.1 Å². The molecule has 2 atom stereocenters. The minimum atomic E-state index is -3.99. The molecule has 2 aromatic carbocycles. The van der Waals surface area contributed by atoms with Crippen LogP contribution in [0.4, 0.5) is 32.6 Å². The summed E-state index contributed by atoms with van der Waals surface area (Å²) in [6.07, 6.45) is -0.256. The molecule has 39 heavy (non-hydrogen) atoms. The van der Waals surface area contributed by atoms with E-state index in [-0.39, 0.29) is 41.9 Å². The van der Waals surface area contributed by atoms with Crippen LogP contribution in [0.3, 0.4) is 0 Å². The van der Waals surface area contributed by atoms with Crippen LogP contribution in [0.2, 0.25) is 0 Å². The van der Waals surface area contributed by atoms with Gasteiger partial charge < -0.3 is 14.2 Å². The van der Waals surface area contributed by atoms with Gasteiger partial charge in [-0.25, -0.2) is 39.9 Å². The van der Waals surface area contributed by atoms with Crippen LogP contribution in [0.25, 0.3) is 22.1 Å². The fourth-order valence-corrected chi connectivity index (χ4v) is 5.94. The number of fused-ring (bicyclic) bond motifs is 2. The van der Waals surface area contributed by atoms with Crippen molar-refractivity contribution in [2.24, 2.45) is 0 Å². The summed E-state index contributed by atoms with van der Waals surface area (Å²) in [5.41, 5.74) is -0.261. The lowest BCUT2D eigenvalue weighted by molar-refractivity contribution is -0.0448. The van der Waals surface area contributed by atoms with Gasteiger partial charge in [-0.1, -0.05) is 5.16 Å². The fourth-order valence-electron chi connectivity index (χ4n) is 5.10. The highest BCUT2D eigenvalue weighted by molar-refractivity contribution is 7.89. The van der Waals surface area contributed by atoms with Crippen molar-refractivity contribution in [3.05, 3.63) is 47.3 Å². The molecule has 210 valence electrons. The number of carbonyl (C=O) groups is 1. The molecule has 0 bridgehead atoms. The van der Waals surface area contributed by atoms with Crippen molar-refractivity contribution >= 4 is 32.8 Å². The van der Waals surface area contributed by atoms with E-state index >= 15 is 8.78 Å². The average Bonchev–Trinajstić information content (AvgIpc) is 3.38. The Morgan fingerprint density at radius 1 is 1.18 bits per heavy atom. The number of urea groups is 1. The van der Waals surface area contributed by atoms with Gasteiger partial charge in [-0.05, 0) is 31.0 Å². The third-order valence-electron chi connectivity index (χ3n) is 6.93. The van der Waals surface area contributed by atoms with Crippen LogP contribution >= 0.6 is 0 Å². The number of nitrogens with zero attached hydrogens (tertiary/aromatic N) is 3. The van der Waals surface area contributed by atoms with Gasteiger partial charge in [0.25, 0.3) is 5.92 Å². The van der Waals surface area contributed by atoms with Gasteiger partial charge in [0.05, 0.1) is 23.3 Å². The molecule has 1 aromatic heterocycles. The summed E-state index contributed by atoms with van der Waals surface area (Å²) < 4.78 is 110. The van der Waals surface area contributed by atoms with Crippen molar-refractivity contribution < 1.29 is 44.4 Å². The molecule has 15 heteroatoms. The molecule has 0 saturated carbocycles. The fraction of sp³-hybridized carbons (Fsp3) is 0.417. The van der Waals surface area contributed by atoms with Gasteiger partial charge in [0.1, 0.15) is 29.5 Å². The van der Waals surface area contributed by atoms with Gasteiger partial charge in [-0.2, -0.15) is 0 Å². The maximum Gasteiger partial charge on any atom is 0.326 e. The first kappa shape index (κ1) is 27.3. The van der Waals surface area contributed by atoms with E-state index in [2.05, 4.69) is 5.16 Å². The van der Waals surface area contributed by atoms with Gasteiger partial charge in [0.15, 0.2) is 11.4 Å². The van der Waals surface area contributed by atoms with Crippen molar-refractivity contribution in [1.82, 2.24) is 14.8 Å². The largest absolute Gasteiger partial charge is 0.380 e. The second-order valence-electron chi connectivity index (χ2n) is 9.34. The molecule has 3 heterocycles. The molecule has 0 radical (unpaired) electrons. The molecule has 0 spiro atoms. The number of anilines is 1. The number of rotatable bonds is 7. The maximum atomic E-state index is 15.1. The molecule has 9 nitrogen and oxygen atoms in total. The number of hydrogen-bond acceptors (Lipinski definition) is 6. The number of carbonyl (C=O) groups excluding carboxylic acids is 1. The van der Waals surface area contributed by atoms with E-state index in [1.165, 1.54) is 26.2 Å². The summed E-state index contributed by atoms with van der Waals surface area (Å²) in [5, 5.41) is 3.92. The highest BCUT2D eigenvalue weighted by Crippen LogP contribution is 2.43. The Kier molecular flexibility index (Phi) is 6.79. The summed E-state index contributed by atoms with van der Waals surface area (Å²) in [4.78, 5) is 15.3. The Bertz CT molecular complexity index is 1540. The predicted molar refractivity (Wildman–Crippen MR) is 129 cm³/mol. The first-order chi connectivity index (χ1) is 18.4. The first-order valence-corrected chi connectivity index (χ1v) is 13.5. The Morgan fingerprint density at radius 3 is 2.51 bits per heavy atom. The minimum absolute atomic E-state index is 0.000235. The minimum Gasteiger partial charge on any atom is -0.380 e. The van der Waals surface area contributed by atoms with Crippen LogP contribution in [0.1, 0.15) is 18.9 Å². The van der Waals surface area contributed by atoms with Crippen molar-refractivity contribution in [3.63, 3.8) is 0 Å². The second kappa shape index (κ2) is 9.71. The van der Waals surface area contributed by atoms with Crippen LogP contribution in [-0.2, 0) is 21.4 Å². The number of methoxy groups -OCH3 is 1. The third kappa shape index (κ3) is 4.61. The number of amides is 2. The van der Waals surface area contributed by atoms with E-state index in [4.69, 9.17) is 9.26 Å². The molecule has 3 aromatic rings. The summed E-state index contributed by atoms with van der Waals surface area (Å²) in [5.74, 6) is -7.71. The molecule has 2 fully saturated rings. The van der Waals surface area contributed by atoms with Crippen LogP contribution in [0.15, 0.2) is 28.8 Å². The Balaban J connectivity index is 1.59. The quantitative estimate of drug-likeness (QED) is 0.428. The number of alkyl halides is 2. The van der Waals surface area contributed by atoms with Crippen LogP contribution in [0, 0.1) is 17.5 Å². The maximum absolute atomic E-state index is 15.1. The lowest BCUT2D eigenvalue weighted by atomic mass is 9.97. The Hall–Kier alpha value is -3.30.